The molecule has 1 saturated carbocycles. The first kappa shape index (κ1) is 16.1. The van der Waals surface area contributed by atoms with E-state index in [4.69, 9.17) is 4.74 Å². The van der Waals surface area contributed by atoms with Crippen LogP contribution in [0.15, 0.2) is 12.1 Å². The molecule has 0 heterocycles. The summed E-state index contributed by atoms with van der Waals surface area (Å²) in [7, 11) is 0. The SMILES string of the molecule is BrCC1(COc2c(I)cc(I)cc2I)CCCC1. The molecule has 1 aromatic rings. The van der Waals surface area contributed by atoms with Crippen LogP contribution in [0.3, 0.4) is 0 Å². The van der Waals surface area contributed by atoms with Gasteiger partial charge < -0.3 is 4.74 Å². The van der Waals surface area contributed by atoms with Gasteiger partial charge >= 0.3 is 0 Å². The van der Waals surface area contributed by atoms with Crippen LogP contribution < -0.4 is 4.74 Å². The lowest BCUT2D eigenvalue weighted by molar-refractivity contribution is 0.172. The van der Waals surface area contributed by atoms with Gasteiger partial charge in [0.1, 0.15) is 5.75 Å². The summed E-state index contributed by atoms with van der Waals surface area (Å²) < 4.78 is 9.85. The van der Waals surface area contributed by atoms with Crippen LogP contribution in [0.1, 0.15) is 25.7 Å². The summed E-state index contributed by atoms with van der Waals surface area (Å²) in [5.41, 5.74) is 0.356. The van der Waals surface area contributed by atoms with Crippen molar-refractivity contribution >= 4 is 83.7 Å². The molecule has 18 heavy (non-hydrogen) atoms. The van der Waals surface area contributed by atoms with Crippen molar-refractivity contribution in [1.82, 2.24) is 0 Å². The van der Waals surface area contributed by atoms with Gasteiger partial charge in [-0.25, -0.2) is 0 Å². The van der Waals surface area contributed by atoms with Crippen molar-refractivity contribution in [3.8, 4) is 5.75 Å². The molecule has 0 aromatic heterocycles. The Balaban J connectivity index is 2.10. The van der Waals surface area contributed by atoms with Gasteiger partial charge in [0.15, 0.2) is 0 Å². The monoisotopic (exact) mass is 646 g/mol. The first-order valence-electron chi connectivity index (χ1n) is 5.90. The predicted molar refractivity (Wildman–Crippen MR) is 105 cm³/mol. The number of alkyl halides is 1. The lowest BCUT2D eigenvalue weighted by Gasteiger charge is -2.27. The molecule has 0 atom stereocenters. The molecule has 0 spiro atoms. The standard InChI is InChI=1S/C13H14BrI3O/c14-7-13(3-1-2-4-13)8-18-12-10(16)5-9(15)6-11(12)17/h5-6H,1-4,7-8H2. The fraction of sp³-hybridized carbons (Fsp3) is 0.538. The van der Waals surface area contributed by atoms with Crippen LogP contribution in [-0.2, 0) is 0 Å². The van der Waals surface area contributed by atoms with Crippen molar-refractivity contribution in [3.63, 3.8) is 0 Å². The highest BCUT2D eigenvalue weighted by Gasteiger charge is 2.34. The fourth-order valence-electron chi connectivity index (χ4n) is 2.33. The second-order valence-electron chi connectivity index (χ2n) is 4.83. The number of halogens is 4. The first-order chi connectivity index (χ1) is 8.56. The van der Waals surface area contributed by atoms with Crippen LogP contribution in [0.2, 0.25) is 0 Å². The molecular weight excluding hydrogens is 633 g/mol. The van der Waals surface area contributed by atoms with Crippen molar-refractivity contribution in [2.24, 2.45) is 5.41 Å². The number of benzene rings is 1. The molecule has 1 aromatic carbocycles. The van der Waals surface area contributed by atoms with Gasteiger partial charge in [0, 0.05) is 14.3 Å². The Kier molecular flexibility index (Phi) is 6.34. The number of ether oxygens (including phenoxy) is 1. The van der Waals surface area contributed by atoms with Crippen molar-refractivity contribution in [2.75, 3.05) is 11.9 Å². The predicted octanol–water partition coefficient (Wildman–Crippen LogP) is 5.83. The van der Waals surface area contributed by atoms with E-state index in [-0.39, 0.29) is 0 Å². The van der Waals surface area contributed by atoms with Gasteiger partial charge in [0.25, 0.3) is 0 Å². The zero-order chi connectivity index (χ0) is 13.2. The second kappa shape index (κ2) is 7.11. The number of hydrogen-bond acceptors (Lipinski definition) is 1. The Morgan fingerprint density at radius 3 is 2.17 bits per heavy atom. The third-order valence-corrected chi connectivity index (χ3v) is 6.85. The van der Waals surface area contributed by atoms with Crippen molar-refractivity contribution < 1.29 is 4.74 Å². The maximum atomic E-state index is 6.15. The molecular formula is C13H14BrI3O. The summed E-state index contributed by atoms with van der Waals surface area (Å²) in [4.78, 5) is 0. The lowest BCUT2D eigenvalue weighted by Crippen LogP contribution is -2.27. The molecule has 0 saturated heterocycles. The largest absolute Gasteiger partial charge is 0.491 e. The topological polar surface area (TPSA) is 9.23 Å². The summed E-state index contributed by atoms with van der Waals surface area (Å²) in [5, 5.41) is 1.05. The lowest BCUT2D eigenvalue weighted by atomic mass is 9.90. The van der Waals surface area contributed by atoms with Crippen LogP contribution in [-0.4, -0.2) is 11.9 Å². The van der Waals surface area contributed by atoms with Crippen molar-refractivity contribution in [2.45, 2.75) is 25.7 Å². The molecule has 0 unspecified atom stereocenters. The summed E-state index contributed by atoms with van der Waals surface area (Å²) in [6, 6.07) is 4.35. The third kappa shape index (κ3) is 3.87. The maximum absolute atomic E-state index is 6.15. The van der Waals surface area contributed by atoms with E-state index >= 15 is 0 Å². The molecule has 2 rings (SSSR count). The molecule has 100 valence electrons. The molecule has 0 amide bonds. The summed E-state index contributed by atoms with van der Waals surface area (Å²) in [6.45, 7) is 0.838. The zero-order valence-corrected chi connectivity index (χ0v) is 17.9. The van der Waals surface area contributed by atoms with E-state index in [2.05, 4.69) is 95.8 Å². The van der Waals surface area contributed by atoms with Crippen LogP contribution in [0.25, 0.3) is 0 Å². The molecule has 1 aliphatic carbocycles. The van der Waals surface area contributed by atoms with E-state index in [1.807, 2.05) is 0 Å². The second-order valence-corrected chi connectivity index (χ2v) is 8.96. The fourth-order valence-corrected chi connectivity index (χ4v) is 6.95. The third-order valence-electron chi connectivity index (χ3n) is 3.43. The molecule has 1 nitrogen and oxygen atoms in total. The van der Waals surface area contributed by atoms with E-state index < -0.39 is 0 Å². The van der Waals surface area contributed by atoms with E-state index in [0.717, 1.165) is 17.7 Å². The Morgan fingerprint density at radius 2 is 1.67 bits per heavy atom. The van der Waals surface area contributed by atoms with E-state index in [9.17, 15) is 0 Å². The maximum Gasteiger partial charge on any atom is 0.146 e. The smallest absolute Gasteiger partial charge is 0.146 e. The van der Waals surface area contributed by atoms with Crippen molar-refractivity contribution in [1.29, 1.82) is 0 Å². The van der Waals surface area contributed by atoms with Crippen LogP contribution in [0, 0.1) is 16.1 Å². The minimum atomic E-state index is 0.356. The van der Waals surface area contributed by atoms with Gasteiger partial charge in [-0.05, 0) is 92.7 Å². The zero-order valence-electron chi connectivity index (χ0n) is 9.82. The average molecular weight is 647 g/mol. The van der Waals surface area contributed by atoms with Crippen LogP contribution >= 0.6 is 83.7 Å². The van der Waals surface area contributed by atoms with Crippen LogP contribution in [0.5, 0.6) is 5.75 Å². The van der Waals surface area contributed by atoms with Gasteiger partial charge in [0.2, 0.25) is 0 Å². The highest BCUT2D eigenvalue weighted by atomic mass is 127. The average Bonchev–Trinajstić information content (AvgIpc) is 2.77. The Hall–Kier alpha value is 1.69. The van der Waals surface area contributed by atoms with E-state index in [0.29, 0.717) is 5.41 Å². The van der Waals surface area contributed by atoms with Crippen molar-refractivity contribution in [3.05, 3.63) is 22.8 Å². The molecule has 1 fully saturated rings. The summed E-state index contributed by atoms with van der Waals surface area (Å²) in [5.74, 6) is 1.06. The summed E-state index contributed by atoms with van der Waals surface area (Å²) >= 11 is 10.8. The Labute approximate surface area is 158 Å². The van der Waals surface area contributed by atoms with Gasteiger partial charge in [-0.2, -0.15) is 0 Å². The summed E-state index contributed by atoms with van der Waals surface area (Å²) in [6.07, 6.45) is 5.26. The highest BCUT2D eigenvalue weighted by Crippen LogP contribution is 2.41. The van der Waals surface area contributed by atoms with E-state index in [1.54, 1.807) is 0 Å². The quantitative estimate of drug-likeness (QED) is 0.296. The van der Waals surface area contributed by atoms with Gasteiger partial charge in [-0.3, -0.25) is 0 Å². The number of rotatable bonds is 4. The normalized spacial score (nSPS) is 18.0. The van der Waals surface area contributed by atoms with Gasteiger partial charge in [0.05, 0.1) is 13.7 Å². The minimum absolute atomic E-state index is 0.356. The Bertz CT molecular complexity index is 407. The van der Waals surface area contributed by atoms with Gasteiger partial charge in [-0.1, -0.05) is 28.8 Å². The molecule has 0 bridgehead atoms. The minimum Gasteiger partial charge on any atom is -0.491 e. The van der Waals surface area contributed by atoms with E-state index in [1.165, 1.54) is 36.4 Å². The highest BCUT2D eigenvalue weighted by molar-refractivity contribution is 14.1. The first-order valence-corrected chi connectivity index (χ1v) is 10.3. The molecule has 0 N–H and O–H groups in total. The van der Waals surface area contributed by atoms with Gasteiger partial charge in [-0.15, -0.1) is 0 Å². The molecule has 5 heteroatoms. The number of hydrogen-bond donors (Lipinski definition) is 0. The van der Waals surface area contributed by atoms with Crippen LogP contribution in [0.4, 0.5) is 0 Å². The molecule has 0 aliphatic heterocycles. The Morgan fingerprint density at radius 1 is 1.11 bits per heavy atom. The molecule has 1 aliphatic rings. The molecule has 0 radical (unpaired) electrons.